The minimum atomic E-state index is -0.475. The van der Waals surface area contributed by atoms with Crippen LogP contribution in [0.1, 0.15) is 50.5 Å². The number of aromatic nitrogens is 1. The molecule has 1 amide bonds. The van der Waals surface area contributed by atoms with Crippen LogP contribution >= 0.6 is 0 Å². The number of aromatic amines is 1. The smallest absolute Gasteiger partial charge is 0.339 e. The van der Waals surface area contributed by atoms with Crippen molar-refractivity contribution in [1.29, 1.82) is 0 Å². The molecule has 1 aromatic heterocycles. The summed E-state index contributed by atoms with van der Waals surface area (Å²) in [5.74, 6) is -1.02. The van der Waals surface area contributed by atoms with Gasteiger partial charge in [0.2, 0.25) is 0 Å². The lowest BCUT2D eigenvalue weighted by Crippen LogP contribution is -2.33. The van der Waals surface area contributed by atoms with Crippen LogP contribution in [0.2, 0.25) is 0 Å². The van der Waals surface area contributed by atoms with E-state index in [1.807, 2.05) is 0 Å². The molecular weight excluding hydrogens is 323 g/mol. The molecule has 5 nitrogen and oxygen atoms in total. The number of aryl methyl sites for hydroxylation is 1. The number of carbonyl (C=O) groups is 2. The van der Waals surface area contributed by atoms with E-state index < -0.39 is 5.97 Å². The maximum Gasteiger partial charge on any atom is 0.339 e. The topological polar surface area (TPSA) is 62.4 Å². The zero-order valence-electron chi connectivity index (χ0n) is 14.6. The average Bonchev–Trinajstić information content (AvgIpc) is 3.38. The van der Waals surface area contributed by atoms with Crippen molar-refractivity contribution in [3.8, 4) is 0 Å². The Balaban J connectivity index is 1.92. The van der Waals surface area contributed by atoms with Gasteiger partial charge < -0.3 is 14.6 Å². The number of nitrogens with zero attached hydrogens (tertiary/aromatic N) is 1. The van der Waals surface area contributed by atoms with E-state index in [4.69, 9.17) is 4.74 Å². The molecule has 2 aromatic rings. The molecule has 3 rings (SSSR count). The highest BCUT2D eigenvalue weighted by atomic mass is 19.1. The minimum Gasteiger partial charge on any atom is -0.465 e. The summed E-state index contributed by atoms with van der Waals surface area (Å²) >= 11 is 0. The van der Waals surface area contributed by atoms with Crippen molar-refractivity contribution in [3.63, 3.8) is 0 Å². The summed E-state index contributed by atoms with van der Waals surface area (Å²) in [6.45, 7) is 3.66. The lowest BCUT2D eigenvalue weighted by molar-refractivity contribution is 0.0599. The fourth-order valence-corrected chi connectivity index (χ4v) is 3.08. The van der Waals surface area contributed by atoms with Crippen molar-refractivity contribution in [2.75, 3.05) is 7.11 Å². The first kappa shape index (κ1) is 17.2. The molecule has 0 saturated heterocycles. The number of amides is 1. The number of carbonyl (C=O) groups excluding carboxylic acids is 2. The monoisotopic (exact) mass is 344 g/mol. The van der Waals surface area contributed by atoms with Gasteiger partial charge in [0.1, 0.15) is 11.5 Å². The molecule has 132 valence electrons. The molecule has 1 aromatic carbocycles. The highest BCUT2D eigenvalue weighted by Crippen LogP contribution is 2.31. The molecular formula is C19H21FN2O3. The van der Waals surface area contributed by atoms with Crippen LogP contribution in [0, 0.1) is 19.7 Å². The predicted molar refractivity (Wildman–Crippen MR) is 90.9 cm³/mol. The van der Waals surface area contributed by atoms with Gasteiger partial charge in [-0.1, -0.05) is 18.2 Å². The number of rotatable bonds is 5. The standard InChI is InChI=1S/C19H21FN2O3/c1-11-16(19(24)25-3)12(2)21-17(11)18(23)22(14-8-9-14)10-13-6-4-5-7-15(13)20/h4-7,14,21H,8-10H2,1-3H3. The molecule has 0 spiro atoms. The Morgan fingerprint density at radius 1 is 1.28 bits per heavy atom. The van der Waals surface area contributed by atoms with Crippen LogP contribution in [0.25, 0.3) is 0 Å². The van der Waals surface area contributed by atoms with Crippen LogP contribution in [0.15, 0.2) is 24.3 Å². The second-order valence-electron chi connectivity index (χ2n) is 6.37. The van der Waals surface area contributed by atoms with Crippen LogP contribution in [0.3, 0.4) is 0 Å². The van der Waals surface area contributed by atoms with Crippen molar-refractivity contribution in [2.45, 2.75) is 39.3 Å². The Labute approximate surface area is 145 Å². The van der Waals surface area contributed by atoms with Gasteiger partial charge in [0.25, 0.3) is 5.91 Å². The molecule has 0 unspecified atom stereocenters. The van der Waals surface area contributed by atoms with Gasteiger partial charge in [-0.2, -0.15) is 0 Å². The third-order valence-corrected chi connectivity index (χ3v) is 4.59. The Morgan fingerprint density at radius 3 is 2.56 bits per heavy atom. The molecule has 0 bridgehead atoms. The fourth-order valence-electron chi connectivity index (χ4n) is 3.08. The van der Waals surface area contributed by atoms with E-state index in [0.717, 1.165) is 12.8 Å². The second kappa shape index (κ2) is 6.70. The van der Waals surface area contributed by atoms with Crippen LogP contribution in [-0.2, 0) is 11.3 Å². The Morgan fingerprint density at radius 2 is 1.96 bits per heavy atom. The number of halogens is 1. The zero-order chi connectivity index (χ0) is 18.1. The number of ether oxygens (including phenoxy) is 1. The molecule has 1 aliphatic carbocycles. The molecule has 1 fully saturated rings. The molecule has 6 heteroatoms. The first-order valence-electron chi connectivity index (χ1n) is 8.26. The molecule has 25 heavy (non-hydrogen) atoms. The number of hydrogen-bond donors (Lipinski definition) is 1. The molecule has 1 heterocycles. The number of methoxy groups -OCH3 is 1. The lowest BCUT2D eigenvalue weighted by atomic mass is 10.1. The SMILES string of the molecule is COC(=O)c1c(C)[nH]c(C(=O)N(Cc2ccccc2F)C2CC2)c1C. The van der Waals surface area contributed by atoms with Crippen LogP contribution in [0.5, 0.6) is 0 Å². The minimum absolute atomic E-state index is 0.108. The average molecular weight is 344 g/mol. The van der Waals surface area contributed by atoms with Gasteiger partial charge in [0.15, 0.2) is 0 Å². The van der Waals surface area contributed by atoms with Crippen molar-refractivity contribution >= 4 is 11.9 Å². The van der Waals surface area contributed by atoms with Gasteiger partial charge in [0, 0.05) is 23.8 Å². The van der Waals surface area contributed by atoms with Gasteiger partial charge in [-0.15, -0.1) is 0 Å². The summed E-state index contributed by atoms with van der Waals surface area (Å²) in [4.78, 5) is 29.7. The van der Waals surface area contributed by atoms with E-state index in [0.29, 0.717) is 28.1 Å². The van der Waals surface area contributed by atoms with E-state index in [-0.39, 0.29) is 24.3 Å². The highest BCUT2D eigenvalue weighted by molar-refractivity contribution is 6.00. The summed E-state index contributed by atoms with van der Waals surface area (Å²) in [7, 11) is 1.31. The summed E-state index contributed by atoms with van der Waals surface area (Å²) in [6.07, 6.45) is 1.81. The number of nitrogens with one attached hydrogen (secondary N) is 1. The van der Waals surface area contributed by atoms with Crippen LogP contribution in [-0.4, -0.2) is 34.9 Å². The molecule has 0 radical (unpaired) electrons. The molecule has 1 aliphatic rings. The van der Waals surface area contributed by atoms with Gasteiger partial charge in [-0.3, -0.25) is 4.79 Å². The quantitative estimate of drug-likeness (QED) is 0.846. The first-order chi connectivity index (χ1) is 11.9. The third-order valence-electron chi connectivity index (χ3n) is 4.59. The van der Waals surface area contributed by atoms with E-state index in [1.165, 1.54) is 13.2 Å². The molecule has 1 N–H and O–H groups in total. The summed E-state index contributed by atoms with van der Waals surface area (Å²) in [5.41, 5.74) is 2.38. The fraction of sp³-hybridized carbons (Fsp3) is 0.368. The highest BCUT2D eigenvalue weighted by Gasteiger charge is 2.35. The Bertz CT molecular complexity index is 824. The maximum atomic E-state index is 14.0. The second-order valence-corrected chi connectivity index (χ2v) is 6.37. The number of esters is 1. The van der Waals surface area contributed by atoms with Gasteiger partial charge in [-0.25, -0.2) is 9.18 Å². The Hall–Kier alpha value is -2.63. The largest absolute Gasteiger partial charge is 0.465 e. The van der Waals surface area contributed by atoms with Crippen molar-refractivity contribution in [2.24, 2.45) is 0 Å². The van der Waals surface area contributed by atoms with Crippen molar-refractivity contribution < 1.29 is 18.7 Å². The van der Waals surface area contributed by atoms with Gasteiger partial charge in [0.05, 0.1) is 12.7 Å². The normalized spacial score (nSPS) is 13.6. The van der Waals surface area contributed by atoms with Gasteiger partial charge in [-0.05, 0) is 38.3 Å². The molecule has 1 saturated carbocycles. The maximum absolute atomic E-state index is 14.0. The van der Waals surface area contributed by atoms with E-state index in [9.17, 15) is 14.0 Å². The third kappa shape index (κ3) is 3.29. The lowest BCUT2D eigenvalue weighted by Gasteiger charge is -2.22. The molecule has 0 aliphatic heterocycles. The summed E-state index contributed by atoms with van der Waals surface area (Å²) in [6, 6.07) is 6.57. The van der Waals surface area contributed by atoms with Crippen molar-refractivity contribution in [3.05, 3.63) is 58.2 Å². The van der Waals surface area contributed by atoms with Crippen LogP contribution < -0.4 is 0 Å². The van der Waals surface area contributed by atoms with E-state index in [2.05, 4.69) is 4.98 Å². The first-order valence-corrected chi connectivity index (χ1v) is 8.26. The number of H-pyrrole nitrogens is 1. The number of benzene rings is 1. The molecule has 0 atom stereocenters. The zero-order valence-corrected chi connectivity index (χ0v) is 14.6. The van der Waals surface area contributed by atoms with Crippen LogP contribution in [0.4, 0.5) is 4.39 Å². The summed E-state index contributed by atoms with van der Waals surface area (Å²) < 4.78 is 18.8. The predicted octanol–water partition coefficient (Wildman–Crippen LogP) is 3.36. The van der Waals surface area contributed by atoms with E-state index in [1.54, 1.807) is 36.9 Å². The van der Waals surface area contributed by atoms with Crippen molar-refractivity contribution in [1.82, 2.24) is 9.88 Å². The Kier molecular flexibility index (Phi) is 4.61. The number of hydrogen-bond acceptors (Lipinski definition) is 3. The van der Waals surface area contributed by atoms with Gasteiger partial charge >= 0.3 is 5.97 Å². The van der Waals surface area contributed by atoms with E-state index >= 15 is 0 Å². The summed E-state index contributed by atoms with van der Waals surface area (Å²) in [5, 5.41) is 0.